The van der Waals surface area contributed by atoms with Gasteiger partial charge in [-0.1, -0.05) is 150 Å². The summed E-state index contributed by atoms with van der Waals surface area (Å²) < 4.78 is 41.7. The minimum Gasteiger partial charge on any atom is -0.166 e. The Morgan fingerprint density at radius 2 is 0.884 bits per heavy atom. The summed E-state index contributed by atoms with van der Waals surface area (Å²) in [6.07, 6.45) is 8.14. The molecule has 0 unspecified atom stereocenters. The monoisotopic (exact) mass is 616 g/mol. The van der Waals surface area contributed by atoms with E-state index >= 15 is 0 Å². The lowest BCUT2D eigenvalue weighted by Crippen LogP contribution is -2.34. The standard InChI is InChI=1S/C38H41F3P2/c39-38(40,41)31-28-26-30(27-29-31)37(42(32-16-6-1-7-17-32)33-18-8-2-9-19-33)43(34-20-10-3-11-21-34,35-22-12-4-13-23-35)36-24-14-5-15-25-36/h3-5,10-15,20-29,32-33H,1-2,6-9,16-19H2. The zero-order chi connectivity index (χ0) is 29.7. The summed E-state index contributed by atoms with van der Waals surface area (Å²) in [6.45, 7) is -2.47. The predicted octanol–water partition coefficient (Wildman–Crippen LogP) is 10.3. The minimum absolute atomic E-state index is 0.571. The van der Waals surface area contributed by atoms with E-state index in [-0.39, 0.29) is 0 Å². The molecule has 0 atom stereocenters. The molecular weight excluding hydrogens is 575 g/mol. The summed E-state index contributed by atoms with van der Waals surface area (Å²) in [7, 11) is -0.648. The normalized spacial score (nSPS) is 17.2. The Morgan fingerprint density at radius 3 is 1.23 bits per heavy atom. The van der Waals surface area contributed by atoms with Crippen molar-refractivity contribution in [3.8, 4) is 0 Å². The molecule has 0 saturated heterocycles. The van der Waals surface area contributed by atoms with E-state index in [2.05, 4.69) is 91.0 Å². The number of benzene rings is 4. The van der Waals surface area contributed by atoms with Gasteiger partial charge in [-0.05, 0) is 82.5 Å². The molecule has 6 rings (SSSR count). The first kappa shape index (κ1) is 30.4. The van der Waals surface area contributed by atoms with Crippen molar-refractivity contribution in [1.82, 2.24) is 0 Å². The molecule has 224 valence electrons. The van der Waals surface area contributed by atoms with Gasteiger partial charge in [-0.25, -0.2) is 0 Å². The van der Waals surface area contributed by atoms with Crippen LogP contribution in [0.5, 0.6) is 0 Å². The van der Waals surface area contributed by atoms with Crippen molar-refractivity contribution in [1.29, 1.82) is 0 Å². The highest BCUT2D eigenvalue weighted by Gasteiger charge is 2.41. The summed E-state index contributed by atoms with van der Waals surface area (Å²) in [5.41, 5.74) is 1.64. The van der Waals surface area contributed by atoms with Crippen molar-refractivity contribution in [3.05, 3.63) is 126 Å². The number of halogens is 3. The molecule has 0 spiro atoms. The molecule has 5 heteroatoms. The molecule has 2 aliphatic rings. The first-order chi connectivity index (χ1) is 21.0. The van der Waals surface area contributed by atoms with Crippen molar-refractivity contribution in [2.45, 2.75) is 81.7 Å². The highest BCUT2D eigenvalue weighted by molar-refractivity contribution is 8.07. The van der Waals surface area contributed by atoms with Gasteiger partial charge in [-0.15, -0.1) is 0 Å². The van der Waals surface area contributed by atoms with Crippen LogP contribution in [-0.2, 0) is 6.18 Å². The molecular formula is C38H41F3P2. The quantitative estimate of drug-likeness (QED) is 0.181. The highest BCUT2D eigenvalue weighted by Crippen LogP contribution is 2.65. The van der Waals surface area contributed by atoms with Crippen molar-refractivity contribution in [2.75, 3.05) is 0 Å². The third kappa shape index (κ3) is 6.32. The third-order valence-corrected chi connectivity index (χ3v) is 18.5. The number of alkyl halides is 3. The smallest absolute Gasteiger partial charge is 0.166 e. The number of hydrogen-bond acceptors (Lipinski definition) is 0. The first-order valence-corrected chi connectivity index (χ1v) is 19.2. The van der Waals surface area contributed by atoms with Crippen LogP contribution in [0.4, 0.5) is 13.2 Å². The van der Waals surface area contributed by atoms with E-state index in [0.29, 0.717) is 11.3 Å². The molecule has 2 aliphatic carbocycles. The Kier molecular flexibility index (Phi) is 9.61. The van der Waals surface area contributed by atoms with Gasteiger partial charge in [0.1, 0.15) is 0 Å². The van der Waals surface area contributed by atoms with E-state index in [1.54, 1.807) is 0 Å². The SMILES string of the molecule is FC(F)(F)c1ccc(C(P(C2CCCCC2)C2CCCCC2)=P(c2ccccc2)(c2ccccc2)c2ccccc2)cc1. The molecule has 2 fully saturated rings. The lowest BCUT2D eigenvalue weighted by Gasteiger charge is -2.45. The van der Waals surface area contributed by atoms with Crippen LogP contribution >= 0.6 is 14.8 Å². The molecule has 0 bridgehead atoms. The summed E-state index contributed by atoms with van der Waals surface area (Å²) in [5.74, 6) is 0. The van der Waals surface area contributed by atoms with Crippen molar-refractivity contribution in [2.24, 2.45) is 0 Å². The first-order valence-electron chi connectivity index (χ1n) is 15.9. The van der Waals surface area contributed by atoms with Crippen LogP contribution in [-0.4, -0.2) is 16.4 Å². The van der Waals surface area contributed by atoms with Crippen molar-refractivity contribution >= 4 is 35.8 Å². The van der Waals surface area contributed by atoms with Crippen LogP contribution in [0.3, 0.4) is 0 Å². The van der Waals surface area contributed by atoms with Crippen LogP contribution in [0.2, 0.25) is 0 Å². The molecule has 2 saturated carbocycles. The van der Waals surface area contributed by atoms with Gasteiger partial charge < -0.3 is 0 Å². The molecule has 0 aliphatic heterocycles. The third-order valence-electron chi connectivity index (χ3n) is 9.40. The zero-order valence-electron chi connectivity index (χ0n) is 24.7. The lowest BCUT2D eigenvalue weighted by molar-refractivity contribution is -0.137. The van der Waals surface area contributed by atoms with Crippen LogP contribution < -0.4 is 15.9 Å². The summed E-state index contributed by atoms with van der Waals surface area (Å²) in [4.78, 5) is 0. The maximum absolute atomic E-state index is 13.9. The second kappa shape index (κ2) is 13.6. The molecule has 4 aromatic carbocycles. The molecule has 0 nitrogen and oxygen atoms in total. The second-order valence-electron chi connectivity index (χ2n) is 12.1. The fourth-order valence-electron chi connectivity index (χ4n) is 7.46. The van der Waals surface area contributed by atoms with Crippen molar-refractivity contribution < 1.29 is 13.2 Å². The largest absolute Gasteiger partial charge is 0.416 e. The summed E-state index contributed by atoms with van der Waals surface area (Å²) in [5, 5.41) is 5.34. The fraction of sp³-hybridized carbons (Fsp3) is 0.342. The molecule has 0 radical (unpaired) electrons. The van der Waals surface area contributed by atoms with Gasteiger partial charge in [0.2, 0.25) is 0 Å². The van der Waals surface area contributed by atoms with Crippen molar-refractivity contribution in [3.63, 3.8) is 0 Å². The van der Waals surface area contributed by atoms with E-state index in [1.165, 1.54) is 97.3 Å². The van der Waals surface area contributed by atoms with Gasteiger partial charge >= 0.3 is 6.18 Å². The van der Waals surface area contributed by atoms with E-state index < -0.39 is 26.5 Å². The van der Waals surface area contributed by atoms with Gasteiger partial charge in [0.05, 0.1) is 5.56 Å². The summed E-state index contributed by atoms with van der Waals surface area (Å²) >= 11 is 0. The molecule has 43 heavy (non-hydrogen) atoms. The number of rotatable bonds is 7. The Balaban J connectivity index is 1.79. The maximum atomic E-state index is 13.9. The van der Waals surface area contributed by atoms with Gasteiger partial charge in [0.25, 0.3) is 0 Å². The van der Waals surface area contributed by atoms with Gasteiger partial charge in [0, 0.05) is 0 Å². The Morgan fingerprint density at radius 1 is 0.512 bits per heavy atom. The van der Waals surface area contributed by atoms with E-state index in [0.717, 1.165) is 5.56 Å². The second-order valence-corrected chi connectivity index (χ2v) is 18.5. The highest BCUT2D eigenvalue weighted by atomic mass is 31.2. The van der Waals surface area contributed by atoms with Crippen LogP contribution in [0.25, 0.3) is 0 Å². The minimum atomic E-state index is -4.36. The Bertz CT molecular complexity index is 1380. The average Bonchev–Trinajstić information content (AvgIpc) is 3.07. The number of hydrogen-bond donors (Lipinski definition) is 0. The zero-order valence-corrected chi connectivity index (χ0v) is 26.5. The predicted molar refractivity (Wildman–Crippen MR) is 181 cm³/mol. The topological polar surface area (TPSA) is 0 Å². The lowest BCUT2D eigenvalue weighted by atomic mass is 9.99. The van der Waals surface area contributed by atoms with Crippen LogP contribution in [0, 0.1) is 0 Å². The van der Waals surface area contributed by atoms with Gasteiger partial charge in [0.15, 0.2) is 0 Å². The molecule has 0 heterocycles. The maximum Gasteiger partial charge on any atom is 0.416 e. The molecule has 4 aromatic rings. The average molecular weight is 617 g/mol. The Labute approximate surface area is 256 Å². The Hall–Kier alpha value is -2.60. The molecule has 0 N–H and O–H groups in total. The van der Waals surface area contributed by atoms with Gasteiger partial charge in [-0.3, -0.25) is 0 Å². The van der Waals surface area contributed by atoms with Crippen LogP contribution in [0.15, 0.2) is 115 Å². The van der Waals surface area contributed by atoms with E-state index in [1.807, 2.05) is 12.1 Å². The summed E-state index contributed by atoms with van der Waals surface area (Å²) in [6, 6.07) is 39.1. The van der Waals surface area contributed by atoms with E-state index in [4.69, 9.17) is 0 Å². The van der Waals surface area contributed by atoms with Crippen LogP contribution in [0.1, 0.15) is 75.3 Å². The van der Waals surface area contributed by atoms with E-state index in [9.17, 15) is 13.2 Å². The van der Waals surface area contributed by atoms with Gasteiger partial charge in [-0.2, -0.15) is 13.2 Å². The molecule has 0 amide bonds. The fourth-order valence-corrected chi connectivity index (χ4v) is 18.5. The molecule has 0 aromatic heterocycles.